The van der Waals surface area contributed by atoms with Crippen LogP contribution in [0.25, 0.3) is 0 Å². The number of nitrogens with one attached hydrogen (secondary N) is 1. The number of sulfonamides is 1. The zero-order chi connectivity index (χ0) is 28.2. The van der Waals surface area contributed by atoms with E-state index in [9.17, 15) is 31.2 Å². The first-order valence-corrected chi connectivity index (χ1v) is 13.8. The van der Waals surface area contributed by atoms with Gasteiger partial charge in [0.05, 0.1) is 21.7 Å². The van der Waals surface area contributed by atoms with Crippen molar-refractivity contribution in [1.82, 2.24) is 4.31 Å². The van der Waals surface area contributed by atoms with Crippen molar-refractivity contribution >= 4 is 39.2 Å². The number of carbonyl (C=O) groups is 2. The van der Waals surface area contributed by atoms with E-state index in [-0.39, 0.29) is 21.0 Å². The van der Waals surface area contributed by atoms with E-state index in [0.717, 1.165) is 25.3 Å². The predicted molar refractivity (Wildman–Crippen MR) is 139 cm³/mol. The maximum atomic E-state index is 13.5. The summed E-state index contributed by atoms with van der Waals surface area (Å²) in [6, 6.07) is 15.7. The zero-order valence-corrected chi connectivity index (χ0v) is 22.0. The number of nitrogens with zero attached hydrogens (tertiary/aromatic N) is 1. The lowest BCUT2D eigenvalue weighted by Gasteiger charge is -2.25. The van der Waals surface area contributed by atoms with E-state index in [1.165, 1.54) is 46.8 Å². The molecule has 1 atom stereocenters. The number of benzene rings is 3. The summed E-state index contributed by atoms with van der Waals surface area (Å²) in [6.45, 7) is 0.841. The SMILES string of the molecule is O=C(O[C@@H](C(=O)Nc1ccc(Cl)cc1C(F)(F)F)c1ccccc1)c1ccc(S(=O)(=O)N2CCCCC2)cc1. The van der Waals surface area contributed by atoms with Crippen molar-refractivity contribution in [1.29, 1.82) is 0 Å². The van der Waals surface area contributed by atoms with E-state index < -0.39 is 45.4 Å². The van der Waals surface area contributed by atoms with Gasteiger partial charge in [0.2, 0.25) is 16.1 Å². The highest BCUT2D eigenvalue weighted by Gasteiger charge is 2.35. The Morgan fingerprint density at radius 1 is 0.923 bits per heavy atom. The summed E-state index contributed by atoms with van der Waals surface area (Å²) >= 11 is 5.72. The van der Waals surface area contributed by atoms with Gasteiger partial charge in [-0.1, -0.05) is 48.4 Å². The van der Waals surface area contributed by atoms with Crippen LogP contribution >= 0.6 is 11.6 Å². The molecule has 12 heteroatoms. The summed E-state index contributed by atoms with van der Waals surface area (Å²) in [6.07, 6.45) is -3.90. The molecule has 1 fully saturated rings. The molecule has 1 saturated heterocycles. The highest BCUT2D eigenvalue weighted by Crippen LogP contribution is 2.37. The molecule has 0 saturated carbocycles. The number of rotatable bonds is 7. The lowest BCUT2D eigenvalue weighted by molar-refractivity contribution is -0.137. The van der Waals surface area contributed by atoms with Crippen LogP contribution in [-0.4, -0.2) is 37.7 Å². The van der Waals surface area contributed by atoms with E-state index in [0.29, 0.717) is 19.2 Å². The van der Waals surface area contributed by atoms with E-state index in [1.807, 2.05) is 0 Å². The van der Waals surface area contributed by atoms with Crippen molar-refractivity contribution in [3.8, 4) is 0 Å². The number of ether oxygens (including phenoxy) is 1. The number of amides is 1. The van der Waals surface area contributed by atoms with Crippen LogP contribution in [0, 0.1) is 0 Å². The second-order valence-corrected chi connectivity index (χ2v) is 11.2. The minimum absolute atomic E-state index is 0.0146. The normalized spacial score (nSPS) is 15.4. The largest absolute Gasteiger partial charge is 0.444 e. The summed E-state index contributed by atoms with van der Waals surface area (Å²) in [5.41, 5.74) is -1.54. The van der Waals surface area contributed by atoms with Crippen molar-refractivity contribution in [2.75, 3.05) is 18.4 Å². The van der Waals surface area contributed by atoms with Crippen LogP contribution in [0.4, 0.5) is 18.9 Å². The maximum absolute atomic E-state index is 13.5. The Labute approximate surface area is 228 Å². The van der Waals surface area contributed by atoms with Crippen molar-refractivity contribution in [3.05, 3.63) is 94.5 Å². The molecular weight excluding hydrogens is 557 g/mol. The molecule has 0 bridgehead atoms. The average molecular weight is 581 g/mol. The quantitative estimate of drug-likeness (QED) is 0.342. The van der Waals surface area contributed by atoms with Gasteiger partial charge in [-0.3, -0.25) is 4.79 Å². The smallest absolute Gasteiger partial charge is 0.418 e. The summed E-state index contributed by atoms with van der Waals surface area (Å²) in [7, 11) is -3.72. The molecule has 206 valence electrons. The molecule has 1 aliphatic rings. The maximum Gasteiger partial charge on any atom is 0.418 e. The number of hydrogen-bond donors (Lipinski definition) is 1. The molecule has 0 spiro atoms. The van der Waals surface area contributed by atoms with Crippen LogP contribution < -0.4 is 5.32 Å². The van der Waals surface area contributed by atoms with Gasteiger partial charge in [0, 0.05) is 23.7 Å². The van der Waals surface area contributed by atoms with Crippen molar-refractivity contribution < 1.29 is 35.9 Å². The monoisotopic (exact) mass is 580 g/mol. The molecule has 4 rings (SSSR count). The summed E-state index contributed by atoms with van der Waals surface area (Å²) in [5.74, 6) is -1.99. The van der Waals surface area contributed by atoms with Gasteiger partial charge >= 0.3 is 12.1 Å². The van der Waals surface area contributed by atoms with Gasteiger partial charge in [0.15, 0.2) is 0 Å². The first kappa shape index (κ1) is 28.6. The molecule has 3 aromatic carbocycles. The first-order valence-electron chi connectivity index (χ1n) is 12.0. The van der Waals surface area contributed by atoms with Gasteiger partial charge in [0.1, 0.15) is 0 Å². The molecule has 1 N–H and O–H groups in total. The number of piperidine rings is 1. The molecule has 7 nitrogen and oxygen atoms in total. The van der Waals surface area contributed by atoms with E-state index in [4.69, 9.17) is 16.3 Å². The molecule has 1 heterocycles. The Morgan fingerprint density at radius 3 is 2.18 bits per heavy atom. The molecule has 0 aromatic heterocycles. The average Bonchev–Trinajstić information content (AvgIpc) is 2.93. The van der Waals surface area contributed by atoms with Crippen molar-refractivity contribution in [2.45, 2.75) is 36.4 Å². The molecule has 0 aliphatic carbocycles. The summed E-state index contributed by atoms with van der Waals surface area (Å²) in [4.78, 5) is 26.1. The van der Waals surface area contributed by atoms with Crippen molar-refractivity contribution in [2.24, 2.45) is 0 Å². The first-order chi connectivity index (χ1) is 18.5. The molecule has 39 heavy (non-hydrogen) atoms. The fourth-order valence-corrected chi connectivity index (χ4v) is 5.84. The fourth-order valence-electron chi connectivity index (χ4n) is 4.15. The van der Waals surface area contributed by atoms with Gasteiger partial charge < -0.3 is 10.1 Å². The lowest BCUT2D eigenvalue weighted by Crippen LogP contribution is -2.35. The number of hydrogen-bond acceptors (Lipinski definition) is 5. The molecular formula is C27H24ClF3N2O5S. The predicted octanol–water partition coefficient (Wildman–Crippen LogP) is 6.07. The van der Waals surface area contributed by atoms with Gasteiger partial charge in [-0.25, -0.2) is 13.2 Å². The number of anilines is 1. The van der Waals surface area contributed by atoms with Crippen LogP contribution in [0.3, 0.4) is 0 Å². The van der Waals surface area contributed by atoms with Crippen LogP contribution in [0.5, 0.6) is 0 Å². The number of halogens is 4. The van der Waals surface area contributed by atoms with Gasteiger partial charge in [-0.15, -0.1) is 0 Å². The lowest BCUT2D eigenvalue weighted by atomic mass is 10.1. The second-order valence-electron chi connectivity index (χ2n) is 8.86. The van der Waals surface area contributed by atoms with Gasteiger partial charge in [-0.2, -0.15) is 17.5 Å². The summed E-state index contributed by atoms with van der Waals surface area (Å²) < 4.78 is 73.2. The molecule has 0 radical (unpaired) electrons. The molecule has 1 amide bonds. The van der Waals surface area contributed by atoms with Crippen molar-refractivity contribution in [3.63, 3.8) is 0 Å². The minimum Gasteiger partial charge on any atom is -0.444 e. The second kappa shape index (κ2) is 11.8. The van der Waals surface area contributed by atoms with Gasteiger partial charge in [-0.05, 0) is 55.3 Å². The summed E-state index contributed by atoms with van der Waals surface area (Å²) in [5, 5.41) is 2.02. The van der Waals surface area contributed by atoms with E-state index in [2.05, 4.69) is 5.32 Å². The Hall–Kier alpha value is -3.41. The third-order valence-corrected chi connectivity index (χ3v) is 8.30. The highest BCUT2D eigenvalue weighted by atomic mass is 35.5. The zero-order valence-electron chi connectivity index (χ0n) is 20.4. The van der Waals surface area contributed by atoms with E-state index >= 15 is 0 Å². The van der Waals surface area contributed by atoms with Crippen LogP contribution in [0.1, 0.15) is 46.9 Å². The van der Waals surface area contributed by atoms with Crippen LogP contribution in [0.2, 0.25) is 5.02 Å². The fraction of sp³-hybridized carbons (Fsp3) is 0.259. The Balaban J connectivity index is 1.56. The molecule has 0 unspecified atom stereocenters. The molecule has 1 aliphatic heterocycles. The minimum atomic E-state index is -4.80. The third kappa shape index (κ3) is 6.78. The Bertz CT molecular complexity index is 1440. The standard InChI is InChI=1S/C27H24ClF3N2O5S/c28-20-11-14-23(22(17-20)27(29,30)31)32-25(34)24(18-7-3-1-4-8-18)38-26(35)19-9-12-21(13-10-19)39(36,37)33-15-5-2-6-16-33/h1,3-4,7-14,17,24H,2,5-6,15-16H2,(H,32,34)/t24-/m1/s1. The van der Waals surface area contributed by atoms with Crippen LogP contribution in [0.15, 0.2) is 77.7 Å². The Morgan fingerprint density at radius 2 is 1.56 bits per heavy atom. The number of carbonyl (C=O) groups excluding carboxylic acids is 2. The molecule has 3 aromatic rings. The topological polar surface area (TPSA) is 92.8 Å². The van der Waals surface area contributed by atoms with Gasteiger partial charge in [0.25, 0.3) is 5.91 Å². The number of alkyl halides is 3. The number of esters is 1. The Kier molecular flexibility index (Phi) is 8.63. The van der Waals surface area contributed by atoms with E-state index in [1.54, 1.807) is 18.2 Å². The third-order valence-electron chi connectivity index (χ3n) is 6.15. The highest BCUT2D eigenvalue weighted by molar-refractivity contribution is 7.89. The van der Waals surface area contributed by atoms with Crippen LogP contribution in [-0.2, 0) is 25.7 Å².